The molecule has 0 aliphatic carbocycles. The molecule has 0 saturated heterocycles. The first-order valence-corrected chi connectivity index (χ1v) is 6.20. The number of hydrogen-bond acceptors (Lipinski definition) is 4. The maximum atomic E-state index is 12.1. The lowest BCUT2D eigenvalue weighted by atomic mass is 10.2. The zero-order valence-electron chi connectivity index (χ0n) is 10.0. The van der Waals surface area contributed by atoms with Gasteiger partial charge in [0, 0.05) is 11.9 Å². The van der Waals surface area contributed by atoms with E-state index in [0.717, 1.165) is 0 Å². The SMILES string of the molecule is Cc1ncc(Br)c(C(=O)Nc2cccc(C#N)c2)n1. The lowest BCUT2D eigenvalue weighted by Crippen LogP contribution is -2.15. The van der Waals surface area contributed by atoms with Gasteiger partial charge in [-0.15, -0.1) is 0 Å². The maximum Gasteiger partial charge on any atom is 0.275 e. The molecule has 1 aromatic heterocycles. The third-order valence-electron chi connectivity index (χ3n) is 2.33. The van der Waals surface area contributed by atoms with Crippen LogP contribution in [-0.2, 0) is 0 Å². The monoisotopic (exact) mass is 316 g/mol. The summed E-state index contributed by atoms with van der Waals surface area (Å²) in [5.41, 5.74) is 1.29. The molecule has 0 fully saturated rings. The highest BCUT2D eigenvalue weighted by molar-refractivity contribution is 9.10. The van der Waals surface area contributed by atoms with Gasteiger partial charge in [0.1, 0.15) is 11.5 Å². The van der Waals surface area contributed by atoms with Crippen LogP contribution in [0.3, 0.4) is 0 Å². The summed E-state index contributed by atoms with van der Waals surface area (Å²) in [6.07, 6.45) is 1.53. The number of aryl methyl sites for hydroxylation is 1. The Morgan fingerprint density at radius 2 is 2.26 bits per heavy atom. The number of aromatic nitrogens is 2. The van der Waals surface area contributed by atoms with Gasteiger partial charge in [-0.05, 0) is 41.1 Å². The number of rotatable bonds is 2. The second kappa shape index (κ2) is 5.59. The minimum Gasteiger partial charge on any atom is -0.321 e. The smallest absolute Gasteiger partial charge is 0.275 e. The van der Waals surface area contributed by atoms with Gasteiger partial charge in [-0.3, -0.25) is 4.79 Å². The number of halogens is 1. The molecule has 1 heterocycles. The van der Waals surface area contributed by atoms with E-state index in [9.17, 15) is 4.79 Å². The molecular formula is C13H9BrN4O. The van der Waals surface area contributed by atoms with Gasteiger partial charge in [-0.1, -0.05) is 6.07 Å². The largest absolute Gasteiger partial charge is 0.321 e. The lowest BCUT2D eigenvalue weighted by Gasteiger charge is -2.06. The van der Waals surface area contributed by atoms with E-state index in [-0.39, 0.29) is 11.6 Å². The normalized spacial score (nSPS) is 9.74. The molecule has 0 aliphatic heterocycles. The molecule has 1 N–H and O–H groups in total. The third kappa shape index (κ3) is 3.14. The van der Waals surface area contributed by atoms with Crippen LogP contribution < -0.4 is 5.32 Å². The topological polar surface area (TPSA) is 78.7 Å². The summed E-state index contributed by atoms with van der Waals surface area (Å²) in [6.45, 7) is 1.71. The summed E-state index contributed by atoms with van der Waals surface area (Å²) in [5.74, 6) is 0.159. The Balaban J connectivity index is 2.26. The highest BCUT2D eigenvalue weighted by Gasteiger charge is 2.13. The first kappa shape index (κ1) is 13.2. The molecule has 0 bridgehead atoms. The minimum atomic E-state index is -0.354. The zero-order valence-corrected chi connectivity index (χ0v) is 11.6. The Bertz CT molecular complexity index is 679. The van der Waals surface area contributed by atoms with Crippen LogP contribution in [0, 0.1) is 18.3 Å². The molecular weight excluding hydrogens is 308 g/mol. The average Bonchev–Trinajstić information content (AvgIpc) is 2.41. The van der Waals surface area contributed by atoms with E-state index in [1.807, 2.05) is 6.07 Å². The summed E-state index contributed by atoms with van der Waals surface area (Å²) >= 11 is 3.23. The molecule has 0 saturated carbocycles. The van der Waals surface area contributed by atoms with Gasteiger partial charge in [0.2, 0.25) is 0 Å². The van der Waals surface area contributed by atoms with E-state index in [1.54, 1.807) is 31.2 Å². The number of amides is 1. The van der Waals surface area contributed by atoms with Crippen LogP contribution in [-0.4, -0.2) is 15.9 Å². The van der Waals surface area contributed by atoms with Crippen LogP contribution >= 0.6 is 15.9 Å². The lowest BCUT2D eigenvalue weighted by molar-refractivity contribution is 0.102. The van der Waals surface area contributed by atoms with Gasteiger partial charge in [-0.25, -0.2) is 9.97 Å². The average molecular weight is 317 g/mol. The Hall–Kier alpha value is -2.26. The Morgan fingerprint density at radius 3 is 3.00 bits per heavy atom. The summed E-state index contributed by atoms with van der Waals surface area (Å²) in [4.78, 5) is 20.1. The quantitative estimate of drug-likeness (QED) is 0.923. The molecule has 1 aromatic carbocycles. The molecule has 1 amide bonds. The van der Waals surface area contributed by atoms with Gasteiger partial charge >= 0.3 is 0 Å². The number of nitrogens with one attached hydrogen (secondary N) is 1. The summed E-state index contributed by atoms with van der Waals surface area (Å²) in [7, 11) is 0. The second-order valence-electron chi connectivity index (χ2n) is 3.76. The van der Waals surface area contributed by atoms with Gasteiger partial charge in [0.25, 0.3) is 5.91 Å². The van der Waals surface area contributed by atoms with Gasteiger partial charge in [0.05, 0.1) is 16.1 Å². The van der Waals surface area contributed by atoms with Gasteiger partial charge in [0.15, 0.2) is 0 Å². The Morgan fingerprint density at radius 1 is 1.47 bits per heavy atom. The molecule has 0 spiro atoms. The second-order valence-corrected chi connectivity index (χ2v) is 4.61. The molecule has 2 aromatic rings. The number of anilines is 1. The van der Waals surface area contributed by atoms with Crippen LogP contribution in [0.25, 0.3) is 0 Å². The number of nitrogens with zero attached hydrogens (tertiary/aromatic N) is 3. The van der Waals surface area contributed by atoms with Crippen LogP contribution in [0.4, 0.5) is 5.69 Å². The molecule has 0 aliphatic rings. The molecule has 0 unspecified atom stereocenters. The van der Waals surface area contributed by atoms with E-state index in [2.05, 4.69) is 31.2 Å². The van der Waals surface area contributed by atoms with E-state index >= 15 is 0 Å². The molecule has 19 heavy (non-hydrogen) atoms. The predicted octanol–water partition coefficient (Wildman–Crippen LogP) is 2.67. The predicted molar refractivity (Wildman–Crippen MR) is 73.6 cm³/mol. The van der Waals surface area contributed by atoms with Crippen molar-refractivity contribution in [3.63, 3.8) is 0 Å². The summed E-state index contributed by atoms with van der Waals surface area (Å²) in [6, 6.07) is 8.69. The van der Waals surface area contributed by atoms with Crippen molar-refractivity contribution in [2.45, 2.75) is 6.92 Å². The summed E-state index contributed by atoms with van der Waals surface area (Å²) in [5, 5.41) is 11.5. The van der Waals surface area contributed by atoms with Crippen molar-refractivity contribution in [2.75, 3.05) is 5.32 Å². The molecule has 6 heteroatoms. The Labute approximate surface area is 118 Å². The third-order valence-corrected chi connectivity index (χ3v) is 2.91. The fraction of sp³-hybridized carbons (Fsp3) is 0.0769. The van der Waals surface area contributed by atoms with Crippen LogP contribution in [0.15, 0.2) is 34.9 Å². The number of carbonyl (C=O) groups excluding carboxylic acids is 1. The van der Waals surface area contributed by atoms with E-state index in [0.29, 0.717) is 21.5 Å². The maximum absolute atomic E-state index is 12.1. The standard InChI is InChI=1S/C13H9BrN4O/c1-8-16-7-11(14)12(17-8)13(19)18-10-4-2-3-9(5-10)6-15/h2-5,7H,1H3,(H,18,19). The van der Waals surface area contributed by atoms with Crippen LogP contribution in [0.2, 0.25) is 0 Å². The first-order valence-electron chi connectivity index (χ1n) is 5.41. The molecule has 5 nitrogen and oxygen atoms in total. The molecule has 94 valence electrons. The highest BCUT2D eigenvalue weighted by Crippen LogP contribution is 2.16. The number of nitriles is 1. The fourth-order valence-electron chi connectivity index (χ4n) is 1.47. The minimum absolute atomic E-state index is 0.259. The van der Waals surface area contributed by atoms with Crippen molar-refractivity contribution < 1.29 is 4.79 Å². The Kier molecular flexibility index (Phi) is 3.88. The van der Waals surface area contributed by atoms with Crippen molar-refractivity contribution in [3.8, 4) is 6.07 Å². The van der Waals surface area contributed by atoms with Crippen molar-refractivity contribution in [1.82, 2.24) is 9.97 Å². The van der Waals surface area contributed by atoms with Crippen molar-refractivity contribution in [2.24, 2.45) is 0 Å². The molecule has 0 atom stereocenters. The van der Waals surface area contributed by atoms with Crippen LogP contribution in [0.1, 0.15) is 21.9 Å². The van der Waals surface area contributed by atoms with Crippen LogP contribution in [0.5, 0.6) is 0 Å². The zero-order chi connectivity index (χ0) is 13.8. The van der Waals surface area contributed by atoms with E-state index in [1.165, 1.54) is 6.20 Å². The fourth-order valence-corrected chi connectivity index (χ4v) is 1.84. The number of hydrogen-bond donors (Lipinski definition) is 1. The summed E-state index contributed by atoms with van der Waals surface area (Å²) < 4.78 is 0.520. The van der Waals surface area contributed by atoms with Crippen molar-refractivity contribution in [3.05, 3.63) is 52.0 Å². The van der Waals surface area contributed by atoms with E-state index < -0.39 is 0 Å². The molecule has 0 radical (unpaired) electrons. The van der Waals surface area contributed by atoms with Crippen molar-refractivity contribution in [1.29, 1.82) is 5.26 Å². The molecule has 2 rings (SSSR count). The van der Waals surface area contributed by atoms with E-state index in [4.69, 9.17) is 5.26 Å². The number of carbonyl (C=O) groups is 1. The van der Waals surface area contributed by atoms with Crippen molar-refractivity contribution >= 4 is 27.5 Å². The van der Waals surface area contributed by atoms with Gasteiger partial charge < -0.3 is 5.32 Å². The first-order chi connectivity index (χ1) is 9.10. The number of benzene rings is 1. The van der Waals surface area contributed by atoms with Gasteiger partial charge in [-0.2, -0.15) is 5.26 Å². The highest BCUT2D eigenvalue weighted by atomic mass is 79.9.